The van der Waals surface area contributed by atoms with Crippen LogP contribution in [0.15, 0.2) is 0 Å². The fourth-order valence-electron chi connectivity index (χ4n) is 2.65. The van der Waals surface area contributed by atoms with Crippen LogP contribution < -0.4 is 0 Å². The molecule has 0 amide bonds. The summed E-state index contributed by atoms with van der Waals surface area (Å²) in [5, 5.41) is 29.1. The van der Waals surface area contributed by atoms with E-state index >= 15 is 0 Å². The smallest absolute Gasteiger partial charge is 0.111 e. The van der Waals surface area contributed by atoms with Crippen molar-refractivity contribution in [3.63, 3.8) is 0 Å². The van der Waals surface area contributed by atoms with Crippen LogP contribution in [0.25, 0.3) is 0 Å². The maximum Gasteiger partial charge on any atom is 0.111 e. The van der Waals surface area contributed by atoms with E-state index in [0.29, 0.717) is 19.6 Å². The van der Waals surface area contributed by atoms with Gasteiger partial charge in [-0.15, -0.1) is 0 Å². The predicted molar refractivity (Wildman–Crippen MR) is 53.2 cm³/mol. The summed E-state index contributed by atoms with van der Waals surface area (Å²) in [4.78, 5) is 1.88. The number of fused-ring (bicyclic) bond motifs is 1. The fraction of sp³-hybridized carbons (Fsp3) is 1.00. The zero-order chi connectivity index (χ0) is 11.0. The van der Waals surface area contributed by atoms with Crippen LogP contribution in [-0.2, 0) is 4.74 Å². The molecule has 0 aromatic rings. The molecule has 0 aromatic carbocycles. The van der Waals surface area contributed by atoms with Crippen LogP contribution in [0.1, 0.15) is 19.8 Å². The highest BCUT2D eigenvalue weighted by molar-refractivity contribution is 5.00. The largest absolute Gasteiger partial charge is 0.391 e. The maximum absolute atomic E-state index is 9.79. The molecule has 15 heavy (non-hydrogen) atoms. The van der Waals surface area contributed by atoms with Gasteiger partial charge in [-0.25, -0.2) is 0 Å². The second-order valence-electron chi connectivity index (χ2n) is 4.30. The minimum atomic E-state index is -0.858. The van der Waals surface area contributed by atoms with Crippen LogP contribution in [0.3, 0.4) is 0 Å². The van der Waals surface area contributed by atoms with Crippen LogP contribution >= 0.6 is 0 Å². The van der Waals surface area contributed by atoms with E-state index in [1.807, 2.05) is 11.8 Å². The van der Waals surface area contributed by atoms with E-state index in [2.05, 4.69) is 0 Å². The first-order valence-electron chi connectivity index (χ1n) is 5.56. The molecule has 3 N–H and O–H groups in total. The summed E-state index contributed by atoms with van der Waals surface area (Å²) in [5.74, 6) is 0. The molecule has 5 heteroatoms. The van der Waals surface area contributed by atoms with Crippen molar-refractivity contribution < 1.29 is 20.1 Å². The van der Waals surface area contributed by atoms with Crippen molar-refractivity contribution in [1.82, 2.24) is 4.90 Å². The third-order valence-corrected chi connectivity index (χ3v) is 3.36. The zero-order valence-corrected chi connectivity index (χ0v) is 8.91. The summed E-state index contributed by atoms with van der Waals surface area (Å²) in [6.45, 7) is 2.91. The van der Waals surface area contributed by atoms with E-state index in [4.69, 9.17) is 4.74 Å². The predicted octanol–water partition coefficient (Wildman–Crippen LogP) is -1.09. The van der Waals surface area contributed by atoms with Gasteiger partial charge >= 0.3 is 0 Å². The number of hydrogen-bond donors (Lipinski definition) is 3. The van der Waals surface area contributed by atoms with Crippen molar-refractivity contribution in [3.05, 3.63) is 0 Å². The summed E-state index contributed by atoms with van der Waals surface area (Å²) in [6, 6.07) is -0.370. The van der Waals surface area contributed by atoms with E-state index in [1.54, 1.807) is 0 Å². The molecule has 88 valence electrons. The topological polar surface area (TPSA) is 73.2 Å². The molecule has 0 saturated carbocycles. The summed E-state index contributed by atoms with van der Waals surface area (Å²) in [5.41, 5.74) is 0. The Morgan fingerprint density at radius 2 is 1.93 bits per heavy atom. The van der Waals surface area contributed by atoms with Crippen molar-refractivity contribution in [3.8, 4) is 0 Å². The molecule has 2 rings (SSSR count). The first-order valence-corrected chi connectivity index (χ1v) is 5.56. The Labute approximate surface area is 89.3 Å². The fourth-order valence-corrected chi connectivity index (χ4v) is 2.65. The number of ether oxygens (including phenoxy) is 1. The lowest BCUT2D eigenvalue weighted by Crippen LogP contribution is -2.54. The van der Waals surface area contributed by atoms with Gasteiger partial charge in [0, 0.05) is 13.2 Å². The van der Waals surface area contributed by atoms with Gasteiger partial charge in [0.1, 0.15) is 6.23 Å². The summed E-state index contributed by atoms with van der Waals surface area (Å²) in [7, 11) is 0. The summed E-state index contributed by atoms with van der Waals surface area (Å²) in [6.07, 6.45) is -0.890. The minimum absolute atomic E-state index is 0.0739. The van der Waals surface area contributed by atoms with Gasteiger partial charge in [0.2, 0.25) is 0 Å². The Morgan fingerprint density at radius 3 is 2.60 bits per heavy atom. The molecule has 2 aliphatic heterocycles. The molecule has 2 saturated heterocycles. The lowest BCUT2D eigenvalue weighted by Gasteiger charge is -2.40. The minimum Gasteiger partial charge on any atom is -0.391 e. The van der Waals surface area contributed by atoms with Gasteiger partial charge in [-0.05, 0) is 19.8 Å². The Morgan fingerprint density at radius 1 is 1.20 bits per heavy atom. The average molecular weight is 217 g/mol. The van der Waals surface area contributed by atoms with Crippen LogP contribution in [0.5, 0.6) is 0 Å². The van der Waals surface area contributed by atoms with E-state index in [1.165, 1.54) is 0 Å². The summed E-state index contributed by atoms with van der Waals surface area (Å²) >= 11 is 0. The maximum atomic E-state index is 9.79. The zero-order valence-electron chi connectivity index (χ0n) is 8.91. The number of aliphatic hydroxyl groups is 3. The molecule has 5 atom stereocenters. The molecule has 0 aromatic heterocycles. The molecular weight excluding hydrogens is 198 g/mol. The first-order chi connectivity index (χ1) is 7.15. The Bertz CT molecular complexity index is 225. The van der Waals surface area contributed by atoms with Crippen molar-refractivity contribution in [2.45, 2.75) is 50.3 Å². The number of rotatable bonds is 2. The van der Waals surface area contributed by atoms with Crippen LogP contribution in [0.4, 0.5) is 0 Å². The molecule has 0 aliphatic carbocycles. The number of hydrogen-bond acceptors (Lipinski definition) is 5. The van der Waals surface area contributed by atoms with Gasteiger partial charge in [0.15, 0.2) is 0 Å². The molecule has 2 fully saturated rings. The summed E-state index contributed by atoms with van der Waals surface area (Å²) < 4.78 is 5.53. The Balaban J connectivity index is 2.10. The molecule has 0 bridgehead atoms. The van der Waals surface area contributed by atoms with E-state index < -0.39 is 18.3 Å². The van der Waals surface area contributed by atoms with Crippen molar-refractivity contribution in [1.29, 1.82) is 0 Å². The lowest BCUT2D eigenvalue weighted by molar-refractivity contribution is -0.132. The van der Waals surface area contributed by atoms with Gasteiger partial charge in [0.25, 0.3) is 0 Å². The molecular formula is C10H19NO4. The van der Waals surface area contributed by atoms with Gasteiger partial charge in [-0.1, -0.05) is 0 Å². The van der Waals surface area contributed by atoms with Crippen molar-refractivity contribution >= 4 is 0 Å². The Hall–Kier alpha value is -0.200. The molecule has 2 heterocycles. The van der Waals surface area contributed by atoms with Gasteiger partial charge in [-0.2, -0.15) is 0 Å². The number of aliphatic hydroxyl groups excluding tert-OH is 3. The second kappa shape index (κ2) is 4.35. The molecule has 0 unspecified atom stereocenters. The molecule has 0 radical (unpaired) electrons. The highest BCUT2D eigenvalue weighted by Crippen LogP contribution is 2.32. The van der Waals surface area contributed by atoms with Crippen LogP contribution in [0.2, 0.25) is 0 Å². The number of nitrogens with zero attached hydrogens (tertiary/aromatic N) is 1. The van der Waals surface area contributed by atoms with E-state index in [0.717, 1.165) is 6.42 Å². The molecule has 5 nitrogen and oxygen atoms in total. The third kappa shape index (κ3) is 1.90. The van der Waals surface area contributed by atoms with Crippen molar-refractivity contribution in [2.75, 3.05) is 13.2 Å². The van der Waals surface area contributed by atoms with Crippen LogP contribution in [0, 0.1) is 0 Å². The quantitative estimate of drug-likeness (QED) is 0.548. The van der Waals surface area contributed by atoms with Crippen molar-refractivity contribution in [2.24, 2.45) is 0 Å². The Kier molecular flexibility index (Phi) is 3.27. The van der Waals surface area contributed by atoms with Crippen LogP contribution in [-0.4, -0.2) is 64.0 Å². The lowest BCUT2D eigenvalue weighted by atomic mass is 9.96. The van der Waals surface area contributed by atoms with Gasteiger partial charge < -0.3 is 20.1 Å². The van der Waals surface area contributed by atoms with Gasteiger partial charge in [0.05, 0.1) is 24.4 Å². The third-order valence-electron chi connectivity index (χ3n) is 3.36. The standard InChI is InChI=1S/C10H19NO4/c1-2-15-8-4-3-6(12)9-10(14)7(13)5-11(8)9/h6-10,12-14H,2-5H2,1H3/t6-,7-,8-,9-,10-/m1/s1. The average Bonchev–Trinajstić information content (AvgIpc) is 2.50. The van der Waals surface area contributed by atoms with E-state index in [-0.39, 0.29) is 12.3 Å². The number of piperidine rings is 1. The SMILES string of the molecule is CCO[C@@H]1CC[C@@H](O)[C@@H]2[C@H](O)[C@H](O)CN21. The highest BCUT2D eigenvalue weighted by Gasteiger charge is 2.49. The first kappa shape index (κ1) is 11.3. The normalized spacial score (nSPS) is 46.8. The van der Waals surface area contributed by atoms with Gasteiger partial charge in [-0.3, -0.25) is 4.90 Å². The molecule has 2 aliphatic rings. The monoisotopic (exact) mass is 217 g/mol. The molecule has 0 spiro atoms. The van der Waals surface area contributed by atoms with E-state index in [9.17, 15) is 15.3 Å². The second-order valence-corrected chi connectivity index (χ2v) is 4.30. The highest BCUT2D eigenvalue weighted by atomic mass is 16.5.